The number of carbonyl (C=O) groups excluding carboxylic acids is 1. The molecule has 5 heteroatoms. The molecule has 1 heterocycles. The molecule has 0 bridgehead atoms. The van der Waals surface area contributed by atoms with Gasteiger partial charge in [-0.05, 0) is 37.6 Å². The molecule has 1 aliphatic rings. The number of rotatable bonds is 3. The van der Waals surface area contributed by atoms with Crippen LogP contribution in [0.4, 0.5) is 16.2 Å². The van der Waals surface area contributed by atoms with Gasteiger partial charge in [0.2, 0.25) is 0 Å². The highest BCUT2D eigenvalue weighted by molar-refractivity contribution is 5.90. The molecule has 1 aliphatic heterocycles. The molecule has 0 spiro atoms. The zero-order chi connectivity index (χ0) is 17.8. The number of hydrogen-bond donors (Lipinski definition) is 1. The van der Waals surface area contributed by atoms with Crippen molar-refractivity contribution in [3.63, 3.8) is 0 Å². The molecule has 0 aliphatic carbocycles. The molecule has 25 heavy (non-hydrogen) atoms. The first-order chi connectivity index (χ1) is 12.1. The average Bonchev–Trinajstić information content (AvgIpc) is 2.64. The fraction of sp³-hybridized carbons (Fsp3) is 0.350. The summed E-state index contributed by atoms with van der Waals surface area (Å²) in [4.78, 5) is 16.7. The summed E-state index contributed by atoms with van der Waals surface area (Å²) in [6, 6.07) is 14.1. The van der Waals surface area contributed by atoms with Gasteiger partial charge in [-0.1, -0.05) is 23.8 Å². The topological polar surface area (TPSA) is 44.8 Å². The van der Waals surface area contributed by atoms with Crippen LogP contribution >= 0.6 is 0 Å². The van der Waals surface area contributed by atoms with Crippen molar-refractivity contribution in [2.24, 2.45) is 0 Å². The number of anilines is 2. The van der Waals surface area contributed by atoms with Gasteiger partial charge in [0.1, 0.15) is 5.75 Å². The molecule has 2 aromatic rings. The summed E-state index contributed by atoms with van der Waals surface area (Å²) in [5.74, 6) is 0.854. The van der Waals surface area contributed by atoms with E-state index in [1.54, 1.807) is 7.11 Å². The number of urea groups is 1. The van der Waals surface area contributed by atoms with Crippen molar-refractivity contribution < 1.29 is 9.53 Å². The van der Waals surface area contributed by atoms with Crippen LogP contribution in [0.15, 0.2) is 42.5 Å². The van der Waals surface area contributed by atoms with E-state index < -0.39 is 0 Å². The van der Waals surface area contributed by atoms with Crippen molar-refractivity contribution in [3.05, 3.63) is 53.6 Å². The third kappa shape index (κ3) is 4.05. The van der Waals surface area contributed by atoms with E-state index in [0.717, 1.165) is 35.8 Å². The summed E-state index contributed by atoms with van der Waals surface area (Å²) in [5, 5.41) is 3.03. The highest BCUT2D eigenvalue weighted by Crippen LogP contribution is 2.22. The fourth-order valence-corrected chi connectivity index (χ4v) is 3.12. The zero-order valence-corrected chi connectivity index (χ0v) is 15.1. The number of benzene rings is 2. The number of piperazine rings is 1. The van der Waals surface area contributed by atoms with E-state index in [1.807, 2.05) is 42.2 Å². The number of amides is 2. The van der Waals surface area contributed by atoms with Crippen LogP contribution in [0.5, 0.6) is 5.75 Å². The van der Waals surface area contributed by atoms with Crippen molar-refractivity contribution in [1.82, 2.24) is 4.90 Å². The van der Waals surface area contributed by atoms with Gasteiger partial charge in [-0.25, -0.2) is 4.79 Å². The minimum Gasteiger partial charge on any atom is -0.497 e. The first-order valence-corrected chi connectivity index (χ1v) is 8.59. The number of ether oxygens (including phenoxy) is 1. The van der Waals surface area contributed by atoms with E-state index >= 15 is 0 Å². The van der Waals surface area contributed by atoms with Crippen LogP contribution in [0.2, 0.25) is 0 Å². The minimum absolute atomic E-state index is 0.0303. The van der Waals surface area contributed by atoms with Gasteiger partial charge in [0.15, 0.2) is 0 Å². The SMILES string of the molecule is COc1cccc(N2CCN(C(=O)Nc3ccc(C)cc3C)CC2)c1. The Labute approximate surface area is 149 Å². The van der Waals surface area contributed by atoms with Gasteiger partial charge in [0.25, 0.3) is 0 Å². The van der Waals surface area contributed by atoms with Gasteiger partial charge >= 0.3 is 6.03 Å². The lowest BCUT2D eigenvalue weighted by molar-refractivity contribution is 0.208. The summed E-state index contributed by atoms with van der Waals surface area (Å²) in [6.07, 6.45) is 0. The van der Waals surface area contributed by atoms with Crippen molar-refractivity contribution >= 4 is 17.4 Å². The third-order valence-corrected chi connectivity index (χ3v) is 4.61. The highest BCUT2D eigenvalue weighted by atomic mass is 16.5. The molecule has 1 fully saturated rings. The maximum atomic E-state index is 12.5. The Morgan fingerprint density at radius 1 is 1.04 bits per heavy atom. The van der Waals surface area contributed by atoms with E-state index in [9.17, 15) is 4.79 Å². The number of methoxy groups -OCH3 is 1. The standard InChI is InChI=1S/C20H25N3O2/c1-15-7-8-19(16(2)13-15)21-20(24)23-11-9-22(10-12-23)17-5-4-6-18(14-17)25-3/h4-8,13-14H,9-12H2,1-3H3,(H,21,24). The van der Waals surface area contributed by atoms with Crippen molar-refractivity contribution in [2.75, 3.05) is 43.5 Å². The lowest BCUT2D eigenvalue weighted by Crippen LogP contribution is -2.50. The molecule has 1 N–H and O–H groups in total. The van der Waals surface area contributed by atoms with Crippen LogP contribution in [0, 0.1) is 13.8 Å². The maximum Gasteiger partial charge on any atom is 0.321 e. The third-order valence-electron chi connectivity index (χ3n) is 4.61. The van der Waals surface area contributed by atoms with Gasteiger partial charge in [-0.15, -0.1) is 0 Å². The van der Waals surface area contributed by atoms with Crippen LogP contribution < -0.4 is 15.0 Å². The molecule has 0 atom stereocenters. The molecule has 0 aromatic heterocycles. The predicted molar refractivity (Wildman–Crippen MR) is 102 cm³/mol. The number of nitrogens with one attached hydrogen (secondary N) is 1. The van der Waals surface area contributed by atoms with Gasteiger partial charge in [0, 0.05) is 43.6 Å². The van der Waals surface area contributed by atoms with E-state index in [4.69, 9.17) is 4.74 Å². The second kappa shape index (κ2) is 7.47. The molecule has 3 rings (SSSR count). The quantitative estimate of drug-likeness (QED) is 0.928. The first kappa shape index (κ1) is 17.1. The molecule has 0 radical (unpaired) electrons. The Morgan fingerprint density at radius 3 is 2.48 bits per heavy atom. The number of nitrogens with zero attached hydrogens (tertiary/aromatic N) is 2. The molecule has 1 saturated heterocycles. The lowest BCUT2D eigenvalue weighted by atomic mass is 10.1. The fourth-order valence-electron chi connectivity index (χ4n) is 3.12. The molecule has 0 saturated carbocycles. The molecular formula is C20H25N3O2. The summed E-state index contributed by atoms with van der Waals surface area (Å²) in [5.41, 5.74) is 4.30. The molecular weight excluding hydrogens is 314 g/mol. The van der Waals surface area contributed by atoms with Crippen LogP contribution in [0.3, 0.4) is 0 Å². The Bertz CT molecular complexity index is 752. The lowest BCUT2D eigenvalue weighted by Gasteiger charge is -2.36. The normalized spacial score (nSPS) is 14.4. The van der Waals surface area contributed by atoms with Crippen LogP contribution in [0.1, 0.15) is 11.1 Å². The van der Waals surface area contributed by atoms with E-state index in [-0.39, 0.29) is 6.03 Å². The summed E-state index contributed by atoms with van der Waals surface area (Å²) in [7, 11) is 1.68. The maximum absolute atomic E-state index is 12.5. The molecule has 5 nitrogen and oxygen atoms in total. The Kier molecular flexibility index (Phi) is 5.12. The monoisotopic (exact) mass is 339 g/mol. The van der Waals surface area contributed by atoms with Gasteiger partial charge in [-0.2, -0.15) is 0 Å². The van der Waals surface area contributed by atoms with Gasteiger partial charge < -0.3 is 19.9 Å². The summed E-state index contributed by atoms with van der Waals surface area (Å²) >= 11 is 0. The largest absolute Gasteiger partial charge is 0.497 e. The van der Waals surface area contributed by atoms with Crippen molar-refractivity contribution in [1.29, 1.82) is 0 Å². The van der Waals surface area contributed by atoms with Crippen LogP contribution in [-0.2, 0) is 0 Å². The number of carbonyl (C=O) groups is 1. The minimum atomic E-state index is -0.0303. The van der Waals surface area contributed by atoms with Gasteiger partial charge in [-0.3, -0.25) is 0 Å². The highest BCUT2D eigenvalue weighted by Gasteiger charge is 2.21. The van der Waals surface area contributed by atoms with Crippen LogP contribution in [-0.4, -0.2) is 44.2 Å². The smallest absolute Gasteiger partial charge is 0.321 e. The van der Waals surface area contributed by atoms with Crippen molar-refractivity contribution in [2.45, 2.75) is 13.8 Å². The molecule has 2 amide bonds. The second-order valence-corrected chi connectivity index (χ2v) is 6.42. The molecule has 2 aromatic carbocycles. The summed E-state index contributed by atoms with van der Waals surface area (Å²) in [6.45, 7) is 7.10. The summed E-state index contributed by atoms with van der Waals surface area (Å²) < 4.78 is 5.29. The molecule has 132 valence electrons. The predicted octanol–water partition coefficient (Wildman–Crippen LogP) is 3.67. The number of hydrogen-bond acceptors (Lipinski definition) is 3. The van der Waals surface area contributed by atoms with E-state index in [0.29, 0.717) is 13.1 Å². The van der Waals surface area contributed by atoms with E-state index in [1.165, 1.54) is 5.56 Å². The van der Waals surface area contributed by atoms with Crippen molar-refractivity contribution in [3.8, 4) is 5.75 Å². The Balaban J connectivity index is 1.58. The van der Waals surface area contributed by atoms with Gasteiger partial charge in [0.05, 0.1) is 7.11 Å². The Morgan fingerprint density at radius 2 is 1.80 bits per heavy atom. The zero-order valence-electron chi connectivity index (χ0n) is 15.1. The van der Waals surface area contributed by atoms with Crippen LogP contribution in [0.25, 0.3) is 0 Å². The molecule has 0 unspecified atom stereocenters. The first-order valence-electron chi connectivity index (χ1n) is 8.59. The second-order valence-electron chi connectivity index (χ2n) is 6.42. The Hall–Kier alpha value is -2.69. The average molecular weight is 339 g/mol. The van der Waals surface area contributed by atoms with E-state index in [2.05, 4.69) is 29.3 Å². The number of aryl methyl sites for hydroxylation is 2.